The smallest absolute Gasteiger partial charge is 0.244 e. The van der Waals surface area contributed by atoms with Crippen molar-refractivity contribution in [1.29, 1.82) is 0 Å². The van der Waals surface area contributed by atoms with Crippen LogP contribution in [0.3, 0.4) is 0 Å². The van der Waals surface area contributed by atoms with Gasteiger partial charge in [0.25, 0.3) is 0 Å². The molecule has 1 unspecified atom stereocenters. The molecule has 3 N–H and O–H groups in total. The number of ether oxygens (including phenoxy) is 1. The zero-order valence-electron chi connectivity index (χ0n) is 10.3. The Hall–Kier alpha value is -1.71. The molecule has 0 spiro atoms. The predicted octanol–water partition coefficient (Wildman–Crippen LogP) is 0.968. The van der Waals surface area contributed by atoms with Gasteiger partial charge in [-0.2, -0.15) is 0 Å². The van der Waals surface area contributed by atoms with Gasteiger partial charge in [-0.05, 0) is 25.1 Å². The molecular formula is C12H16N2O3S. The molecule has 5 nitrogen and oxygen atoms in total. The van der Waals surface area contributed by atoms with Crippen molar-refractivity contribution < 1.29 is 13.2 Å². The first-order valence-corrected chi connectivity index (χ1v) is 6.78. The summed E-state index contributed by atoms with van der Waals surface area (Å²) >= 11 is 0. The fraction of sp³-hybridized carbons (Fsp3) is 0.333. The fourth-order valence-electron chi connectivity index (χ4n) is 1.45. The first-order chi connectivity index (χ1) is 8.40. The van der Waals surface area contributed by atoms with Crippen molar-refractivity contribution in [2.75, 3.05) is 12.8 Å². The Kier molecular flexibility index (Phi) is 4.59. The van der Waals surface area contributed by atoms with Gasteiger partial charge in [-0.3, -0.25) is 0 Å². The molecule has 1 atom stereocenters. The Bertz CT molecular complexity index is 561. The van der Waals surface area contributed by atoms with Crippen LogP contribution in [-0.4, -0.2) is 21.6 Å². The Labute approximate surface area is 107 Å². The lowest BCUT2D eigenvalue weighted by atomic mass is 10.3. The van der Waals surface area contributed by atoms with Crippen molar-refractivity contribution >= 4 is 15.7 Å². The van der Waals surface area contributed by atoms with Crippen LogP contribution >= 0.6 is 0 Å². The van der Waals surface area contributed by atoms with E-state index in [0.717, 1.165) is 0 Å². The summed E-state index contributed by atoms with van der Waals surface area (Å²) in [7, 11) is -2.30. The number of anilines is 1. The zero-order chi connectivity index (χ0) is 13.8. The van der Waals surface area contributed by atoms with Crippen LogP contribution in [0.4, 0.5) is 5.69 Å². The van der Waals surface area contributed by atoms with Gasteiger partial charge in [-0.1, -0.05) is 0 Å². The Morgan fingerprint density at radius 2 is 2.22 bits per heavy atom. The molecule has 0 amide bonds. The molecular weight excluding hydrogens is 252 g/mol. The SMILES string of the molecule is C#CCC(C)NS(=O)(=O)c1cc(N)ccc1OC. The number of terminal acetylenes is 1. The lowest BCUT2D eigenvalue weighted by Gasteiger charge is -2.14. The molecule has 0 radical (unpaired) electrons. The van der Waals surface area contributed by atoms with E-state index in [2.05, 4.69) is 10.6 Å². The summed E-state index contributed by atoms with van der Waals surface area (Å²) in [6.07, 6.45) is 5.45. The Balaban J connectivity index is 3.12. The molecule has 0 saturated carbocycles. The standard InChI is InChI=1S/C12H16N2O3S/c1-4-5-9(2)14-18(15,16)12-8-10(13)6-7-11(12)17-3/h1,6-9,14H,5,13H2,2-3H3. The molecule has 1 rings (SSSR count). The maximum absolute atomic E-state index is 12.1. The molecule has 98 valence electrons. The number of benzene rings is 1. The van der Waals surface area contributed by atoms with Crippen LogP contribution in [0.15, 0.2) is 23.1 Å². The van der Waals surface area contributed by atoms with Crippen LogP contribution < -0.4 is 15.2 Å². The van der Waals surface area contributed by atoms with E-state index in [0.29, 0.717) is 12.1 Å². The summed E-state index contributed by atoms with van der Waals surface area (Å²) < 4.78 is 31.8. The number of nitrogen functional groups attached to an aromatic ring is 1. The second kappa shape index (κ2) is 5.76. The van der Waals surface area contributed by atoms with Gasteiger partial charge < -0.3 is 10.5 Å². The van der Waals surface area contributed by atoms with Crippen LogP contribution in [0.5, 0.6) is 5.75 Å². The Morgan fingerprint density at radius 3 is 2.78 bits per heavy atom. The minimum Gasteiger partial charge on any atom is -0.495 e. The first-order valence-electron chi connectivity index (χ1n) is 5.30. The normalized spacial score (nSPS) is 12.7. The molecule has 6 heteroatoms. The average Bonchev–Trinajstić information content (AvgIpc) is 2.28. The highest BCUT2D eigenvalue weighted by Crippen LogP contribution is 2.25. The van der Waals surface area contributed by atoms with Crippen LogP contribution in [0.2, 0.25) is 0 Å². The predicted molar refractivity (Wildman–Crippen MR) is 70.6 cm³/mol. The quantitative estimate of drug-likeness (QED) is 0.616. The summed E-state index contributed by atoms with van der Waals surface area (Å²) in [5, 5.41) is 0. The minimum atomic E-state index is -3.70. The van der Waals surface area contributed by atoms with E-state index in [1.165, 1.54) is 19.2 Å². The number of hydrogen-bond acceptors (Lipinski definition) is 4. The lowest BCUT2D eigenvalue weighted by molar-refractivity contribution is 0.402. The van der Waals surface area contributed by atoms with Crippen molar-refractivity contribution in [3.05, 3.63) is 18.2 Å². The van der Waals surface area contributed by atoms with E-state index in [9.17, 15) is 8.42 Å². The van der Waals surface area contributed by atoms with Gasteiger partial charge in [-0.25, -0.2) is 13.1 Å². The van der Waals surface area contributed by atoms with E-state index in [4.69, 9.17) is 16.9 Å². The van der Waals surface area contributed by atoms with E-state index in [-0.39, 0.29) is 16.7 Å². The molecule has 0 aliphatic heterocycles. The molecule has 0 bridgehead atoms. The highest BCUT2D eigenvalue weighted by molar-refractivity contribution is 7.89. The number of rotatable bonds is 5. The van der Waals surface area contributed by atoms with Gasteiger partial charge in [-0.15, -0.1) is 12.3 Å². The zero-order valence-corrected chi connectivity index (χ0v) is 11.1. The molecule has 1 aromatic rings. The second-order valence-corrected chi connectivity index (χ2v) is 5.52. The third-order valence-corrected chi connectivity index (χ3v) is 3.87. The summed E-state index contributed by atoms with van der Waals surface area (Å²) in [6, 6.07) is 4.08. The molecule has 18 heavy (non-hydrogen) atoms. The van der Waals surface area contributed by atoms with Gasteiger partial charge in [0.05, 0.1) is 7.11 Å². The lowest BCUT2D eigenvalue weighted by Crippen LogP contribution is -2.32. The molecule has 0 aliphatic rings. The number of sulfonamides is 1. The van der Waals surface area contributed by atoms with Crippen LogP contribution in [-0.2, 0) is 10.0 Å². The van der Waals surface area contributed by atoms with Crippen molar-refractivity contribution in [2.24, 2.45) is 0 Å². The molecule has 0 heterocycles. The highest BCUT2D eigenvalue weighted by Gasteiger charge is 2.21. The second-order valence-electron chi connectivity index (χ2n) is 3.84. The summed E-state index contributed by atoms with van der Waals surface area (Å²) in [4.78, 5) is 0.00821. The molecule has 1 aromatic carbocycles. The van der Waals surface area contributed by atoms with Crippen LogP contribution in [0, 0.1) is 12.3 Å². The number of nitrogens with one attached hydrogen (secondary N) is 1. The van der Waals surface area contributed by atoms with Gasteiger partial charge in [0.15, 0.2) is 0 Å². The van der Waals surface area contributed by atoms with Gasteiger partial charge >= 0.3 is 0 Å². The molecule has 0 aromatic heterocycles. The molecule has 0 saturated heterocycles. The van der Waals surface area contributed by atoms with Gasteiger partial charge in [0.2, 0.25) is 10.0 Å². The summed E-state index contributed by atoms with van der Waals surface area (Å²) in [6.45, 7) is 1.69. The minimum absolute atomic E-state index is 0.00821. The largest absolute Gasteiger partial charge is 0.495 e. The van der Waals surface area contributed by atoms with Crippen molar-refractivity contribution in [1.82, 2.24) is 4.72 Å². The van der Waals surface area contributed by atoms with Crippen LogP contribution in [0.1, 0.15) is 13.3 Å². The van der Waals surface area contributed by atoms with E-state index in [1.54, 1.807) is 13.0 Å². The van der Waals surface area contributed by atoms with Crippen molar-refractivity contribution in [3.8, 4) is 18.1 Å². The maximum Gasteiger partial charge on any atom is 0.244 e. The van der Waals surface area contributed by atoms with Crippen LogP contribution in [0.25, 0.3) is 0 Å². The molecule has 0 fully saturated rings. The average molecular weight is 268 g/mol. The summed E-state index contributed by atoms with van der Waals surface area (Å²) in [5.74, 6) is 2.64. The van der Waals surface area contributed by atoms with Gasteiger partial charge in [0, 0.05) is 18.2 Å². The fourth-order valence-corrected chi connectivity index (χ4v) is 2.90. The number of hydrogen-bond donors (Lipinski definition) is 2. The molecule has 0 aliphatic carbocycles. The first kappa shape index (κ1) is 14.4. The Morgan fingerprint density at radius 1 is 1.56 bits per heavy atom. The number of nitrogens with two attached hydrogens (primary N) is 1. The third-order valence-electron chi connectivity index (χ3n) is 2.26. The van der Waals surface area contributed by atoms with Crippen molar-refractivity contribution in [3.63, 3.8) is 0 Å². The third kappa shape index (κ3) is 3.39. The van der Waals surface area contributed by atoms with Crippen molar-refractivity contribution in [2.45, 2.75) is 24.3 Å². The topological polar surface area (TPSA) is 81.4 Å². The van der Waals surface area contributed by atoms with E-state index in [1.807, 2.05) is 0 Å². The highest BCUT2D eigenvalue weighted by atomic mass is 32.2. The summed E-state index contributed by atoms with van der Waals surface area (Å²) in [5.41, 5.74) is 5.94. The number of methoxy groups -OCH3 is 1. The van der Waals surface area contributed by atoms with Gasteiger partial charge in [0.1, 0.15) is 10.6 Å². The van der Waals surface area contributed by atoms with E-state index >= 15 is 0 Å². The van der Waals surface area contributed by atoms with E-state index < -0.39 is 10.0 Å². The maximum atomic E-state index is 12.1. The monoisotopic (exact) mass is 268 g/mol.